The Balaban J connectivity index is 1.67. The van der Waals surface area contributed by atoms with Gasteiger partial charge in [0, 0.05) is 12.6 Å². The number of hydrogen-bond donors (Lipinski definition) is 0. The van der Waals surface area contributed by atoms with E-state index in [9.17, 15) is 0 Å². The first-order valence-corrected chi connectivity index (χ1v) is 8.28. The number of piperidine rings is 1. The highest BCUT2D eigenvalue weighted by Crippen LogP contribution is 2.30. The standard InChI is InChI=1S/C17H32N2/c1-4-15-6-8-16(9-7-15)14-19-12-10-17(11-13-19)18(3)5-2/h4,15-17H,1,5-14H2,2-3H3. The molecule has 0 aromatic heterocycles. The van der Waals surface area contributed by atoms with Crippen molar-refractivity contribution in [2.45, 2.75) is 51.5 Å². The van der Waals surface area contributed by atoms with E-state index in [1.807, 2.05) is 0 Å². The molecule has 0 radical (unpaired) electrons. The fourth-order valence-corrected chi connectivity index (χ4v) is 3.77. The van der Waals surface area contributed by atoms with Gasteiger partial charge in [-0.15, -0.1) is 6.58 Å². The van der Waals surface area contributed by atoms with Crippen LogP contribution in [0.15, 0.2) is 12.7 Å². The molecule has 1 saturated carbocycles. The molecule has 2 nitrogen and oxygen atoms in total. The van der Waals surface area contributed by atoms with Gasteiger partial charge in [-0.2, -0.15) is 0 Å². The largest absolute Gasteiger partial charge is 0.304 e. The molecule has 2 heteroatoms. The summed E-state index contributed by atoms with van der Waals surface area (Å²) >= 11 is 0. The number of rotatable bonds is 5. The quantitative estimate of drug-likeness (QED) is 0.702. The van der Waals surface area contributed by atoms with Gasteiger partial charge in [0.25, 0.3) is 0 Å². The summed E-state index contributed by atoms with van der Waals surface area (Å²) in [7, 11) is 2.27. The molecular formula is C17H32N2. The SMILES string of the molecule is C=CC1CCC(CN2CCC(N(C)CC)CC2)CC1. The van der Waals surface area contributed by atoms with Gasteiger partial charge >= 0.3 is 0 Å². The Kier molecular flexibility index (Phi) is 5.90. The van der Waals surface area contributed by atoms with Crippen molar-refractivity contribution in [3.63, 3.8) is 0 Å². The maximum Gasteiger partial charge on any atom is 0.0116 e. The van der Waals surface area contributed by atoms with E-state index < -0.39 is 0 Å². The molecule has 0 amide bonds. The predicted octanol–water partition coefficient (Wildman–Crippen LogP) is 3.39. The molecule has 0 aromatic carbocycles. The first kappa shape index (κ1) is 15.1. The van der Waals surface area contributed by atoms with Crippen LogP contribution in [0.4, 0.5) is 0 Å². The zero-order valence-electron chi connectivity index (χ0n) is 13.0. The smallest absolute Gasteiger partial charge is 0.0116 e. The van der Waals surface area contributed by atoms with Gasteiger partial charge in [-0.1, -0.05) is 13.0 Å². The Morgan fingerprint density at radius 2 is 1.74 bits per heavy atom. The van der Waals surface area contributed by atoms with E-state index in [1.165, 1.54) is 64.7 Å². The lowest BCUT2D eigenvalue weighted by molar-refractivity contribution is 0.109. The lowest BCUT2D eigenvalue weighted by atomic mass is 9.81. The molecule has 0 bridgehead atoms. The molecule has 0 spiro atoms. The summed E-state index contributed by atoms with van der Waals surface area (Å²) in [6.07, 6.45) is 10.5. The van der Waals surface area contributed by atoms with Crippen molar-refractivity contribution in [2.24, 2.45) is 11.8 Å². The fourth-order valence-electron chi connectivity index (χ4n) is 3.77. The highest BCUT2D eigenvalue weighted by atomic mass is 15.2. The maximum absolute atomic E-state index is 3.94. The Labute approximate surface area is 119 Å². The van der Waals surface area contributed by atoms with Gasteiger partial charge in [-0.25, -0.2) is 0 Å². The Hall–Kier alpha value is -0.340. The van der Waals surface area contributed by atoms with Gasteiger partial charge in [0.1, 0.15) is 0 Å². The van der Waals surface area contributed by atoms with Crippen LogP contribution in [0.3, 0.4) is 0 Å². The van der Waals surface area contributed by atoms with Gasteiger partial charge < -0.3 is 9.80 Å². The molecule has 0 aromatic rings. The van der Waals surface area contributed by atoms with Crippen LogP contribution in [0.1, 0.15) is 45.4 Å². The summed E-state index contributed by atoms with van der Waals surface area (Å²) in [6.45, 7) is 11.4. The average molecular weight is 264 g/mol. The Morgan fingerprint density at radius 3 is 2.26 bits per heavy atom. The van der Waals surface area contributed by atoms with Gasteiger partial charge in [-0.05, 0) is 77.0 Å². The zero-order valence-corrected chi connectivity index (χ0v) is 13.0. The minimum Gasteiger partial charge on any atom is -0.304 e. The zero-order chi connectivity index (χ0) is 13.7. The molecule has 0 unspecified atom stereocenters. The predicted molar refractivity (Wildman–Crippen MR) is 83.4 cm³/mol. The lowest BCUT2D eigenvalue weighted by Crippen LogP contribution is -2.44. The van der Waals surface area contributed by atoms with Crippen molar-refractivity contribution in [1.29, 1.82) is 0 Å². The number of likely N-dealkylation sites (tertiary alicyclic amines) is 1. The van der Waals surface area contributed by atoms with Crippen LogP contribution in [0.5, 0.6) is 0 Å². The first-order valence-electron chi connectivity index (χ1n) is 8.28. The first-order chi connectivity index (χ1) is 9.22. The maximum atomic E-state index is 3.94. The van der Waals surface area contributed by atoms with E-state index in [2.05, 4.69) is 36.4 Å². The number of allylic oxidation sites excluding steroid dienone is 1. The molecule has 2 aliphatic rings. The molecule has 2 fully saturated rings. The van der Waals surface area contributed by atoms with Gasteiger partial charge in [0.2, 0.25) is 0 Å². The minimum absolute atomic E-state index is 0.806. The molecule has 0 atom stereocenters. The van der Waals surface area contributed by atoms with E-state index >= 15 is 0 Å². The van der Waals surface area contributed by atoms with Crippen molar-refractivity contribution in [1.82, 2.24) is 9.80 Å². The van der Waals surface area contributed by atoms with E-state index in [-0.39, 0.29) is 0 Å². The third-order valence-corrected chi connectivity index (χ3v) is 5.42. The summed E-state index contributed by atoms with van der Waals surface area (Å²) in [6, 6.07) is 0.831. The van der Waals surface area contributed by atoms with Crippen LogP contribution in [0.2, 0.25) is 0 Å². The fraction of sp³-hybridized carbons (Fsp3) is 0.882. The lowest BCUT2D eigenvalue weighted by Gasteiger charge is -2.38. The van der Waals surface area contributed by atoms with E-state index in [1.54, 1.807) is 0 Å². The molecular weight excluding hydrogens is 232 g/mol. The molecule has 1 aliphatic carbocycles. The van der Waals surface area contributed by atoms with Crippen LogP contribution in [0, 0.1) is 11.8 Å². The van der Waals surface area contributed by atoms with Gasteiger partial charge in [-0.3, -0.25) is 0 Å². The molecule has 1 aliphatic heterocycles. The van der Waals surface area contributed by atoms with Crippen molar-refractivity contribution >= 4 is 0 Å². The summed E-state index contributed by atoms with van der Waals surface area (Å²) in [5.41, 5.74) is 0. The molecule has 1 saturated heterocycles. The highest BCUT2D eigenvalue weighted by Gasteiger charge is 2.25. The molecule has 19 heavy (non-hydrogen) atoms. The van der Waals surface area contributed by atoms with Crippen molar-refractivity contribution in [3.8, 4) is 0 Å². The number of nitrogens with zero attached hydrogens (tertiary/aromatic N) is 2. The molecule has 110 valence electrons. The summed E-state index contributed by atoms with van der Waals surface area (Å²) in [4.78, 5) is 5.24. The second kappa shape index (κ2) is 7.44. The second-order valence-corrected chi connectivity index (χ2v) is 6.62. The molecule has 1 heterocycles. The monoisotopic (exact) mass is 264 g/mol. The minimum atomic E-state index is 0.806. The third-order valence-electron chi connectivity index (χ3n) is 5.42. The summed E-state index contributed by atoms with van der Waals surface area (Å²) in [5.74, 6) is 1.76. The van der Waals surface area contributed by atoms with Crippen molar-refractivity contribution in [3.05, 3.63) is 12.7 Å². The molecule has 0 N–H and O–H groups in total. The van der Waals surface area contributed by atoms with E-state index in [0.29, 0.717) is 0 Å². The van der Waals surface area contributed by atoms with Crippen LogP contribution in [0.25, 0.3) is 0 Å². The van der Waals surface area contributed by atoms with E-state index in [4.69, 9.17) is 0 Å². The van der Waals surface area contributed by atoms with E-state index in [0.717, 1.165) is 17.9 Å². The van der Waals surface area contributed by atoms with Crippen molar-refractivity contribution < 1.29 is 0 Å². The average Bonchev–Trinajstić information content (AvgIpc) is 2.48. The van der Waals surface area contributed by atoms with Gasteiger partial charge in [0.05, 0.1) is 0 Å². The molecule has 2 rings (SSSR count). The van der Waals surface area contributed by atoms with Gasteiger partial charge in [0.15, 0.2) is 0 Å². The Bertz CT molecular complexity index is 260. The topological polar surface area (TPSA) is 6.48 Å². The highest BCUT2D eigenvalue weighted by molar-refractivity contribution is 4.86. The normalized spacial score (nSPS) is 30.7. The Morgan fingerprint density at radius 1 is 1.11 bits per heavy atom. The van der Waals surface area contributed by atoms with Crippen LogP contribution < -0.4 is 0 Å². The van der Waals surface area contributed by atoms with Crippen molar-refractivity contribution in [2.75, 3.05) is 33.2 Å². The third kappa shape index (κ3) is 4.32. The summed E-state index contributed by atoms with van der Waals surface area (Å²) < 4.78 is 0. The second-order valence-electron chi connectivity index (χ2n) is 6.62. The number of hydrogen-bond acceptors (Lipinski definition) is 2. The van der Waals surface area contributed by atoms with Crippen LogP contribution in [-0.2, 0) is 0 Å². The summed E-state index contributed by atoms with van der Waals surface area (Å²) in [5, 5.41) is 0. The van der Waals surface area contributed by atoms with Crippen LogP contribution in [-0.4, -0.2) is 49.1 Å². The van der Waals surface area contributed by atoms with Crippen LogP contribution >= 0.6 is 0 Å².